The summed E-state index contributed by atoms with van der Waals surface area (Å²) in [5, 5.41) is 15.6. The second-order valence-electron chi connectivity index (χ2n) is 5.93. The number of guanidine groups is 1. The molecule has 3 N–H and O–H groups in total. The maximum atomic E-state index is 13.3. The fourth-order valence-corrected chi connectivity index (χ4v) is 2.96. The molecule has 0 radical (unpaired) electrons. The molecule has 1 aromatic rings. The van der Waals surface area contributed by atoms with Crippen LogP contribution in [-0.4, -0.2) is 24.7 Å². The van der Waals surface area contributed by atoms with Crippen LogP contribution in [0.1, 0.15) is 44.1 Å². The number of rotatable bonds is 6. The van der Waals surface area contributed by atoms with Crippen LogP contribution in [-0.2, 0) is 6.54 Å². The predicted octanol–water partition coefficient (Wildman–Crippen LogP) is 3.78. The standard InChI is InChI=1S/C17H26FN3O.HI/c1-19-17(20-10-4-7-13-5-2-3-6-13)21-12-14-8-9-16(22)15(18)11-14;/h8-9,11,13,22H,2-7,10,12H2,1H3,(H2,19,20,21);1H. The van der Waals surface area contributed by atoms with E-state index in [1.54, 1.807) is 13.1 Å². The molecule has 0 spiro atoms. The van der Waals surface area contributed by atoms with Gasteiger partial charge in [0.2, 0.25) is 0 Å². The Morgan fingerprint density at radius 2 is 2.04 bits per heavy atom. The molecule has 0 unspecified atom stereocenters. The van der Waals surface area contributed by atoms with Gasteiger partial charge in [0, 0.05) is 20.1 Å². The molecule has 23 heavy (non-hydrogen) atoms. The topological polar surface area (TPSA) is 56.7 Å². The van der Waals surface area contributed by atoms with Gasteiger partial charge in [0.05, 0.1) is 0 Å². The summed E-state index contributed by atoms with van der Waals surface area (Å²) >= 11 is 0. The average Bonchev–Trinajstić information content (AvgIpc) is 3.03. The van der Waals surface area contributed by atoms with Crippen LogP contribution in [0.3, 0.4) is 0 Å². The summed E-state index contributed by atoms with van der Waals surface area (Å²) in [7, 11) is 1.73. The van der Waals surface area contributed by atoms with Crippen LogP contribution >= 0.6 is 24.0 Å². The zero-order valence-corrected chi connectivity index (χ0v) is 16.0. The van der Waals surface area contributed by atoms with Gasteiger partial charge in [-0.1, -0.05) is 31.7 Å². The van der Waals surface area contributed by atoms with Gasteiger partial charge in [0.25, 0.3) is 0 Å². The first-order chi connectivity index (χ1) is 10.7. The van der Waals surface area contributed by atoms with E-state index in [-0.39, 0.29) is 29.7 Å². The highest BCUT2D eigenvalue weighted by Crippen LogP contribution is 2.28. The number of aromatic hydroxyl groups is 1. The largest absolute Gasteiger partial charge is 0.505 e. The van der Waals surface area contributed by atoms with Gasteiger partial charge in [0.15, 0.2) is 17.5 Å². The van der Waals surface area contributed by atoms with Crippen LogP contribution in [0.4, 0.5) is 4.39 Å². The molecule has 0 aliphatic heterocycles. The van der Waals surface area contributed by atoms with Crippen LogP contribution in [0, 0.1) is 11.7 Å². The number of hydrogen-bond donors (Lipinski definition) is 3. The lowest BCUT2D eigenvalue weighted by Gasteiger charge is -2.13. The second kappa shape index (κ2) is 10.7. The van der Waals surface area contributed by atoms with Gasteiger partial charge in [-0.15, -0.1) is 24.0 Å². The number of phenols is 1. The Hall–Kier alpha value is -1.05. The van der Waals surface area contributed by atoms with E-state index in [9.17, 15) is 4.39 Å². The summed E-state index contributed by atoms with van der Waals surface area (Å²) in [6, 6.07) is 4.39. The first kappa shape index (κ1) is 20.0. The molecular weight excluding hydrogens is 408 g/mol. The van der Waals surface area contributed by atoms with Gasteiger partial charge < -0.3 is 15.7 Å². The van der Waals surface area contributed by atoms with E-state index in [2.05, 4.69) is 15.6 Å². The minimum atomic E-state index is -0.598. The normalized spacial score (nSPS) is 15.3. The first-order valence-corrected chi connectivity index (χ1v) is 8.11. The third-order valence-corrected chi connectivity index (χ3v) is 4.25. The van der Waals surface area contributed by atoms with Crippen LogP contribution in [0.2, 0.25) is 0 Å². The molecule has 0 bridgehead atoms. The molecule has 1 aliphatic carbocycles. The highest BCUT2D eigenvalue weighted by atomic mass is 127. The van der Waals surface area contributed by atoms with E-state index in [0.29, 0.717) is 6.54 Å². The van der Waals surface area contributed by atoms with Crippen LogP contribution in [0.25, 0.3) is 0 Å². The molecule has 0 saturated heterocycles. The van der Waals surface area contributed by atoms with Gasteiger partial charge in [-0.3, -0.25) is 4.99 Å². The monoisotopic (exact) mass is 435 g/mol. The van der Waals surface area contributed by atoms with Crippen molar-refractivity contribution in [1.82, 2.24) is 10.6 Å². The highest BCUT2D eigenvalue weighted by molar-refractivity contribution is 14.0. The van der Waals surface area contributed by atoms with Crippen molar-refractivity contribution in [3.8, 4) is 5.75 Å². The maximum absolute atomic E-state index is 13.3. The van der Waals surface area contributed by atoms with Gasteiger partial charge in [0.1, 0.15) is 0 Å². The molecule has 2 rings (SSSR count). The number of nitrogens with one attached hydrogen (secondary N) is 2. The fraction of sp³-hybridized carbons (Fsp3) is 0.588. The van der Waals surface area contributed by atoms with E-state index in [0.717, 1.165) is 30.4 Å². The molecular formula is C17H27FIN3O. The summed E-state index contributed by atoms with van der Waals surface area (Å²) in [6.07, 6.45) is 8.00. The van der Waals surface area contributed by atoms with E-state index < -0.39 is 5.82 Å². The lowest BCUT2D eigenvalue weighted by molar-refractivity contribution is 0.431. The van der Waals surface area contributed by atoms with Crippen LogP contribution in [0.5, 0.6) is 5.75 Å². The van der Waals surface area contributed by atoms with Crippen LogP contribution < -0.4 is 10.6 Å². The second-order valence-corrected chi connectivity index (χ2v) is 5.93. The summed E-state index contributed by atoms with van der Waals surface area (Å²) in [5.74, 6) is 0.716. The van der Waals surface area contributed by atoms with E-state index >= 15 is 0 Å². The molecule has 0 amide bonds. The van der Waals surface area contributed by atoms with E-state index in [1.165, 1.54) is 44.2 Å². The van der Waals surface area contributed by atoms with E-state index in [4.69, 9.17) is 5.11 Å². The van der Waals surface area contributed by atoms with Crippen molar-refractivity contribution in [2.24, 2.45) is 10.9 Å². The van der Waals surface area contributed by atoms with Crippen molar-refractivity contribution < 1.29 is 9.50 Å². The summed E-state index contributed by atoms with van der Waals surface area (Å²) in [5.41, 5.74) is 0.768. The number of phenolic OH excluding ortho intramolecular Hbond substituents is 1. The van der Waals surface area contributed by atoms with Crippen molar-refractivity contribution in [3.05, 3.63) is 29.6 Å². The average molecular weight is 435 g/mol. The SMILES string of the molecule is CN=C(NCCCC1CCCC1)NCc1ccc(O)c(F)c1.I. The minimum absolute atomic E-state index is 0. The summed E-state index contributed by atoms with van der Waals surface area (Å²) in [6.45, 7) is 1.37. The Balaban J connectivity index is 0.00000264. The smallest absolute Gasteiger partial charge is 0.191 e. The fourth-order valence-electron chi connectivity index (χ4n) is 2.96. The Morgan fingerprint density at radius 1 is 1.30 bits per heavy atom. The molecule has 130 valence electrons. The number of halogens is 2. The molecule has 1 aromatic carbocycles. The first-order valence-electron chi connectivity index (χ1n) is 8.11. The third kappa shape index (κ3) is 6.93. The molecule has 0 heterocycles. The Morgan fingerprint density at radius 3 is 2.70 bits per heavy atom. The molecule has 1 aliphatic rings. The molecule has 4 nitrogen and oxygen atoms in total. The van der Waals surface area contributed by atoms with Crippen molar-refractivity contribution >= 4 is 29.9 Å². The molecule has 6 heteroatoms. The lowest BCUT2D eigenvalue weighted by Crippen LogP contribution is -2.37. The number of nitrogens with zero attached hydrogens (tertiary/aromatic N) is 1. The van der Waals surface area contributed by atoms with Crippen molar-refractivity contribution in [3.63, 3.8) is 0 Å². The minimum Gasteiger partial charge on any atom is -0.505 e. The zero-order chi connectivity index (χ0) is 15.8. The van der Waals surface area contributed by atoms with Gasteiger partial charge in [-0.05, 0) is 36.5 Å². The Kier molecular flexibility index (Phi) is 9.28. The Bertz CT molecular complexity index is 505. The third-order valence-electron chi connectivity index (χ3n) is 4.25. The number of aliphatic imine (C=N–C) groups is 1. The summed E-state index contributed by atoms with van der Waals surface area (Å²) < 4.78 is 13.3. The molecule has 0 aromatic heterocycles. The van der Waals surface area contributed by atoms with Crippen molar-refractivity contribution in [1.29, 1.82) is 0 Å². The molecule has 1 fully saturated rings. The molecule has 0 atom stereocenters. The number of benzene rings is 1. The van der Waals surface area contributed by atoms with Gasteiger partial charge >= 0.3 is 0 Å². The van der Waals surface area contributed by atoms with Crippen LogP contribution in [0.15, 0.2) is 23.2 Å². The zero-order valence-electron chi connectivity index (χ0n) is 13.6. The summed E-state index contributed by atoms with van der Waals surface area (Å²) in [4.78, 5) is 4.16. The Labute approximate surface area is 155 Å². The quantitative estimate of drug-likeness (QED) is 0.276. The lowest BCUT2D eigenvalue weighted by atomic mass is 10.0. The van der Waals surface area contributed by atoms with Crippen molar-refractivity contribution in [2.45, 2.75) is 45.1 Å². The maximum Gasteiger partial charge on any atom is 0.191 e. The van der Waals surface area contributed by atoms with Gasteiger partial charge in [-0.25, -0.2) is 4.39 Å². The highest BCUT2D eigenvalue weighted by Gasteiger charge is 2.14. The van der Waals surface area contributed by atoms with E-state index in [1.807, 2.05) is 0 Å². The van der Waals surface area contributed by atoms with Gasteiger partial charge in [-0.2, -0.15) is 0 Å². The predicted molar refractivity (Wildman–Crippen MR) is 103 cm³/mol. The van der Waals surface area contributed by atoms with Crippen molar-refractivity contribution in [2.75, 3.05) is 13.6 Å². The number of hydrogen-bond acceptors (Lipinski definition) is 2. The molecule has 1 saturated carbocycles.